The second-order valence-corrected chi connectivity index (χ2v) is 7.46. The van der Waals surface area contributed by atoms with Crippen LogP contribution in [0, 0.1) is 13.8 Å². The zero-order valence-corrected chi connectivity index (χ0v) is 16.8. The molecule has 6 heteroatoms. The predicted molar refractivity (Wildman–Crippen MR) is 105 cm³/mol. The number of halogens is 2. The summed E-state index contributed by atoms with van der Waals surface area (Å²) in [5.41, 5.74) is 7.09. The minimum atomic E-state index is -3.97. The molecule has 4 rings (SSSR count). The van der Waals surface area contributed by atoms with Crippen LogP contribution in [0.2, 0.25) is 0 Å². The van der Waals surface area contributed by atoms with E-state index in [0.29, 0.717) is 28.6 Å². The second kappa shape index (κ2) is 5.81. The third kappa shape index (κ3) is 2.10. The number of hydrogen-bond acceptors (Lipinski definition) is 1. The average Bonchev–Trinajstić information content (AvgIpc) is 3.28. The van der Waals surface area contributed by atoms with E-state index in [-0.39, 0.29) is 0 Å². The number of hydrogen-bond donors (Lipinski definition) is 0. The monoisotopic (exact) mass is 370 g/mol. The molecule has 0 N–H and O–H groups in total. The van der Waals surface area contributed by atoms with Crippen LogP contribution in [0.4, 0.5) is 8.63 Å². The number of furan rings is 1. The Hall–Kier alpha value is -2.37. The lowest BCUT2D eigenvalue weighted by atomic mass is 9.85. The maximum Gasteiger partial charge on any atom is 0.737 e. The van der Waals surface area contributed by atoms with Crippen LogP contribution in [-0.4, -0.2) is 21.6 Å². The zero-order chi connectivity index (χ0) is 19.7. The first-order chi connectivity index (χ1) is 12.8. The minimum absolute atomic E-state index is 0.597. The number of fused-ring (bicyclic) bond motifs is 2. The molecule has 0 radical (unpaired) electrons. The quantitative estimate of drug-likeness (QED) is 0.657. The van der Waals surface area contributed by atoms with Crippen LogP contribution in [-0.2, 0) is 6.42 Å². The van der Waals surface area contributed by atoms with Gasteiger partial charge in [0.05, 0.1) is 6.26 Å². The first-order valence-electron chi connectivity index (χ1n) is 9.61. The first-order valence-corrected chi connectivity index (χ1v) is 9.61. The van der Waals surface area contributed by atoms with E-state index in [4.69, 9.17) is 4.42 Å². The van der Waals surface area contributed by atoms with Crippen molar-refractivity contribution in [3.63, 3.8) is 0 Å². The van der Waals surface area contributed by atoms with E-state index in [2.05, 4.69) is 0 Å². The molecule has 27 heavy (non-hydrogen) atoms. The molecule has 0 saturated heterocycles. The van der Waals surface area contributed by atoms with E-state index in [1.54, 1.807) is 6.26 Å². The highest BCUT2D eigenvalue weighted by atomic mass is 19.2. The predicted octanol–water partition coefficient (Wildman–Crippen LogP) is 5.47. The van der Waals surface area contributed by atoms with Crippen LogP contribution < -0.4 is 0 Å². The van der Waals surface area contributed by atoms with Crippen LogP contribution in [0.5, 0.6) is 0 Å². The highest BCUT2D eigenvalue weighted by Gasteiger charge is 2.57. The van der Waals surface area contributed by atoms with Gasteiger partial charge in [0, 0.05) is 23.8 Å². The van der Waals surface area contributed by atoms with Gasteiger partial charge in [0.15, 0.2) is 5.70 Å². The Labute approximate surface area is 158 Å². The summed E-state index contributed by atoms with van der Waals surface area (Å²) in [6.07, 6.45) is 3.05. The molecule has 3 nitrogen and oxygen atoms in total. The van der Waals surface area contributed by atoms with Gasteiger partial charge in [-0.2, -0.15) is 0 Å². The van der Waals surface area contributed by atoms with Gasteiger partial charge in [0.2, 0.25) is 0 Å². The van der Waals surface area contributed by atoms with Crippen LogP contribution >= 0.6 is 0 Å². The van der Waals surface area contributed by atoms with E-state index < -0.39 is 6.97 Å². The Bertz CT molecular complexity index is 1050. The van der Waals surface area contributed by atoms with Crippen molar-refractivity contribution in [3.05, 3.63) is 63.5 Å². The summed E-state index contributed by atoms with van der Waals surface area (Å²) in [4.78, 5) is 0. The summed E-state index contributed by atoms with van der Waals surface area (Å²) < 4.78 is 40.1. The molecule has 0 amide bonds. The van der Waals surface area contributed by atoms with Crippen molar-refractivity contribution in [3.8, 4) is 0 Å². The fourth-order valence-corrected chi connectivity index (χ4v) is 5.13. The number of rotatable bonds is 3. The molecule has 0 atom stereocenters. The molecular weight excluding hydrogens is 345 g/mol. The van der Waals surface area contributed by atoms with Gasteiger partial charge in [-0.15, -0.1) is 0 Å². The van der Waals surface area contributed by atoms with E-state index in [0.717, 1.165) is 40.7 Å². The number of aromatic nitrogens is 1. The molecule has 0 bridgehead atoms. The van der Waals surface area contributed by atoms with Crippen LogP contribution in [0.1, 0.15) is 62.4 Å². The molecule has 2 aromatic heterocycles. The van der Waals surface area contributed by atoms with Gasteiger partial charge in [-0.1, -0.05) is 13.8 Å². The van der Waals surface area contributed by atoms with Gasteiger partial charge >= 0.3 is 6.97 Å². The SMILES string of the molecule is CCC1=C(C)C2=C(c3ccco3)c3c(C)c(CC)c(C)n3[B-](F)(F)[N+]2=C1C. The molecule has 0 fully saturated rings. The van der Waals surface area contributed by atoms with Gasteiger partial charge in [-0.3, -0.25) is 0 Å². The molecule has 0 spiro atoms. The fourth-order valence-electron chi connectivity index (χ4n) is 5.13. The van der Waals surface area contributed by atoms with Crippen molar-refractivity contribution < 1.29 is 17.5 Å². The molecule has 142 valence electrons. The van der Waals surface area contributed by atoms with Crippen molar-refractivity contribution in [2.45, 2.75) is 54.4 Å². The zero-order valence-electron chi connectivity index (χ0n) is 16.8. The minimum Gasteiger partial charge on any atom is -0.464 e. The molecule has 0 saturated carbocycles. The summed E-state index contributed by atoms with van der Waals surface area (Å²) >= 11 is 0. The lowest BCUT2D eigenvalue weighted by Gasteiger charge is -2.33. The molecule has 0 aliphatic carbocycles. The van der Waals surface area contributed by atoms with E-state index in [9.17, 15) is 0 Å². The van der Waals surface area contributed by atoms with Crippen molar-refractivity contribution in [1.82, 2.24) is 4.48 Å². The lowest BCUT2D eigenvalue weighted by Crippen LogP contribution is -2.51. The maximum absolute atomic E-state index is 15.9. The Balaban J connectivity index is 2.23. The highest BCUT2D eigenvalue weighted by molar-refractivity contribution is 6.58. The molecule has 2 aliphatic rings. The fraction of sp³-hybridized carbons (Fsp3) is 0.381. The topological polar surface area (TPSA) is 21.1 Å². The maximum atomic E-state index is 15.9. The van der Waals surface area contributed by atoms with Gasteiger partial charge in [0.1, 0.15) is 17.0 Å². The Morgan fingerprint density at radius 2 is 1.81 bits per heavy atom. The molecule has 0 unspecified atom stereocenters. The third-order valence-corrected chi connectivity index (χ3v) is 6.26. The van der Waals surface area contributed by atoms with Crippen molar-refractivity contribution in [1.29, 1.82) is 0 Å². The molecule has 2 aromatic rings. The van der Waals surface area contributed by atoms with E-state index >= 15 is 8.63 Å². The second-order valence-electron chi connectivity index (χ2n) is 7.46. The van der Waals surface area contributed by atoms with Gasteiger partial charge < -0.3 is 22.0 Å². The average molecular weight is 370 g/mol. The van der Waals surface area contributed by atoms with Crippen LogP contribution in [0.3, 0.4) is 0 Å². The van der Waals surface area contributed by atoms with Crippen molar-refractivity contribution in [2.75, 3.05) is 0 Å². The Morgan fingerprint density at radius 1 is 1.11 bits per heavy atom. The largest absolute Gasteiger partial charge is 0.737 e. The Kier molecular flexibility index (Phi) is 3.88. The summed E-state index contributed by atoms with van der Waals surface area (Å²) in [6, 6.07) is 3.67. The highest BCUT2D eigenvalue weighted by Crippen LogP contribution is 2.47. The van der Waals surface area contributed by atoms with E-state index in [1.807, 2.05) is 53.7 Å². The molecule has 0 aromatic carbocycles. The number of allylic oxidation sites excluding steroid dienone is 2. The third-order valence-electron chi connectivity index (χ3n) is 6.26. The summed E-state index contributed by atoms with van der Waals surface area (Å²) in [6.45, 7) is 7.59. The standard InChI is InChI=1S/C21H25BF2N2O/c1-7-16-12(3)20-19(18-10-9-11-27-18)21-13(4)17(8-2)15(6)26(21)22(23,24)25(20)14(16)5/h9-11H,7-8H2,1-6H3. The van der Waals surface area contributed by atoms with Gasteiger partial charge in [-0.25, -0.2) is 0 Å². The summed E-state index contributed by atoms with van der Waals surface area (Å²) in [5.74, 6) is 0.635. The molecule has 4 heterocycles. The first kappa shape index (κ1) is 18.0. The van der Waals surface area contributed by atoms with Crippen LogP contribution in [0.25, 0.3) is 5.57 Å². The van der Waals surface area contributed by atoms with Crippen molar-refractivity contribution >= 4 is 18.3 Å². The summed E-state index contributed by atoms with van der Waals surface area (Å²) in [5, 5.41) is 0. The summed E-state index contributed by atoms with van der Waals surface area (Å²) in [7, 11) is 0. The van der Waals surface area contributed by atoms with Crippen molar-refractivity contribution in [2.24, 2.45) is 0 Å². The lowest BCUT2D eigenvalue weighted by molar-refractivity contribution is -0.363. The van der Waals surface area contributed by atoms with Gasteiger partial charge in [0.25, 0.3) is 0 Å². The van der Waals surface area contributed by atoms with Gasteiger partial charge in [-0.05, 0) is 62.6 Å². The Morgan fingerprint density at radius 3 is 2.37 bits per heavy atom. The normalized spacial score (nSPS) is 18.5. The molecule has 2 aliphatic heterocycles. The molecular formula is C21H25BF2N2O. The van der Waals surface area contributed by atoms with E-state index in [1.165, 1.54) is 8.96 Å². The number of nitrogens with zero attached hydrogens (tertiary/aromatic N) is 2. The van der Waals surface area contributed by atoms with Crippen LogP contribution in [0.15, 0.2) is 39.7 Å². The smallest absolute Gasteiger partial charge is 0.464 e.